The van der Waals surface area contributed by atoms with Gasteiger partial charge in [0.25, 0.3) is 5.91 Å². The van der Waals surface area contributed by atoms with E-state index in [1.54, 1.807) is 25.1 Å². The van der Waals surface area contributed by atoms with E-state index in [4.69, 9.17) is 21.4 Å². The van der Waals surface area contributed by atoms with Gasteiger partial charge in [-0.15, -0.1) is 0 Å². The summed E-state index contributed by atoms with van der Waals surface area (Å²) in [6.45, 7) is 3.50. The molecule has 0 heterocycles. The van der Waals surface area contributed by atoms with Crippen molar-refractivity contribution in [3.05, 3.63) is 28.8 Å². The fourth-order valence-electron chi connectivity index (χ4n) is 1.58. The van der Waals surface area contributed by atoms with Gasteiger partial charge in [-0.3, -0.25) is 9.59 Å². The number of carbonyl (C=O) groups is 2. The quantitative estimate of drug-likeness (QED) is 0.810. The molecule has 1 amide bonds. The highest BCUT2D eigenvalue weighted by molar-refractivity contribution is 6.31. The third-order valence-electron chi connectivity index (χ3n) is 2.70. The second-order valence-corrected chi connectivity index (χ2v) is 5.01. The first-order valence-electron chi connectivity index (χ1n) is 6.28. The highest BCUT2D eigenvalue weighted by atomic mass is 35.5. The van der Waals surface area contributed by atoms with Crippen molar-refractivity contribution in [2.75, 3.05) is 6.61 Å². The molecule has 0 aliphatic carbocycles. The number of amides is 1. The smallest absolute Gasteiger partial charge is 0.303 e. The Morgan fingerprint density at radius 1 is 1.45 bits per heavy atom. The number of carbonyl (C=O) groups excluding carboxylic acids is 1. The van der Waals surface area contributed by atoms with E-state index in [9.17, 15) is 9.59 Å². The zero-order valence-corrected chi connectivity index (χ0v) is 12.2. The van der Waals surface area contributed by atoms with E-state index in [-0.39, 0.29) is 25.0 Å². The van der Waals surface area contributed by atoms with Crippen molar-refractivity contribution >= 4 is 23.5 Å². The molecule has 1 aromatic rings. The Labute approximate surface area is 122 Å². The van der Waals surface area contributed by atoms with Crippen LogP contribution >= 0.6 is 11.6 Å². The number of aliphatic carboxylic acids is 1. The van der Waals surface area contributed by atoms with Gasteiger partial charge in [0.05, 0.1) is 0 Å². The van der Waals surface area contributed by atoms with E-state index in [0.29, 0.717) is 17.2 Å². The first-order chi connectivity index (χ1) is 9.38. The Morgan fingerprint density at radius 2 is 2.15 bits per heavy atom. The monoisotopic (exact) mass is 299 g/mol. The summed E-state index contributed by atoms with van der Waals surface area (Å²) in [5.41, 5.74) is 0.874. The predicted molar refractivity (Wildman–Crippen MR) is 76.2 cm³/mol. The minimum atomic E-state index is -0.876. The van der Waals surface area contributed by atoms with Crippen LogP contribution in [0.4, 0.5) is 0 Å². The lowest BCUT2D eigenvalue weighted by molar-refractivity contribution is -0.137. The molecule has 0 bridgehead atoms. The molecule has 0 radical (unpaired) electrons. The van der Waals surface area contributed by atoms with Gasteiger partial charge < -0.3 is 15.2 Å². The Kier molecular flexibility index (Phi) is 6.31. The predicted octanol–water partition coefficient (Wildman–Crippen LogP) is 2.40. The summed E-state index contributed by atoms with van der Waals surface area (Å²) in [5.74, 6) is -0.588. The lowest BCUT2D eigenvalue weighted by Gasteiger charge is -2.13. The van der Waals surface area contributed by atoms with Gasteiger partial charge >= 0.3 is 5.97 Å². The number of benzene rings is 1. The van der Waals surface area contributed by atoms with Crippen LogP contribution in [0.3, 0.4) is 0 Å². The summed E-state index contributed by atoms with van der Waals surface area (Å²) in [7, 11) is 0. The van der Waals surface area contributed by atoms with Gasteiger partial charge in [0, 0.05) is 17.5 Å². The third kappa shape index (κ3) is 5.93. The maximum absolute atomic E-state index is 11.6. The number of ether oxygens (including phenoxy) is 1. The lowest BCUT2D eigenvalue weighted by Crippen LogP contribution is -2.36. The Bertz CT molecular complexity index is 490. The molecule has 0 saturated carbocycles. The molecule has 0 spiro atoms. The first kappa shape index (κ1) is 16.3. The SMILES string of the molecule is Cc1cc(OCC(=O)NC(C)CCC(=O)O)ccc1Cl. The second-order valence-electron chi connectivity index (χ2n) is 4.60. The third-order valence-corrected chi connectivity index (χ3v) is 3.12. The molecule has 110 valence electrons. The molecule has 1 unspecified atom stereocenters. The van der Waals surface area contributed by atoms with Crippen LogP contribution in [-0.4, -0.2) is 29.6 Å². The molecule has 0 saturated heterocycles. The van der Waals surface area contributed by atoms with E-state index in [1.165, 1.54) is 0 Å². The Balaban J connectivity index is 2.35. The van der Waals surface area contributed by atoms with Gasteiger partial charge in [0.15, 0.2) is 6.61 Å². The normalized spacial score (nSPS) is 11.8. The number of carboxylic acid groups (broad SMARTS) is 1. The fraction of sp³-hybridized carbons (Fsp3) is 0.429. The summed E-state index contributed by atoms with van der Waals surface area (Å²) in [5, 5.41) is 11.9. The van der Waals surface area contributed by atoms with Crippen LogP contribution in [0, 0.1) is 6.92 Å². The van der Waals surface area contributed by atoms with E-state index in [1.807, 2.05) is 6.92 Å². The zero-order chi connectivity index (χ0) is 15.1. The Hall–Kier alpha value is -1.75. The van der Waals surface area contributed by atoms with Crippen molar-refractivity contribution in [3.8, 4) is 5.75 Å². The molecule has 1 rings (SSSR count). The second kappa shape index (κ2) is 7.75. The maximum atomic E-state index is 11.6. The number of carboxylic acids is 1. The van der Waals surface area contributed by atoms with E-state index in [2.05, 4.69) is 5.32 Å². The van der Waals surface area contributed by atoms with Crippen LogP contribution in [-0.2, 0) is 9.59 Å². The van der Waals surface area contributed by atoms with Gasteiger partial charge in [0.2, 0.25) is 0 Å². The van der Waals surface area contributed by atoms with Crippen molar-refractivity contribution in [1.82, 2.24) is 5.32 Å². The molecule has 0 fully saturated rings. The van der Waals surface area contributed by atoms with Gasteiger partial charge in [0.1, 0.15) is 5.75 Å². The van der Waals surface area contributed by atoms with Gasteiger partial charge in [-0.2, -0.15) is 0 Å². The lowest BCUT2D eigenvalue weighted by atomic mass is 10.2. The van der Waals surface area contributed by atoms with Crippen LogP contribution < -0.4 is 10.1 Å². The highest BCUT2D eigenvalue weighted by Gasteiger charge is 2.10. The van der Waals surface area contributed by atoms with Gasteiger partial charge in [-0.25, -0.2) is 0 Å². The fourth-order valence-corrected chi connectivity index (χ4v) is 1.70. The van der Waals surface area contributed by atoms with Crippen molar-refractivity contribution in [2.45, 2.75) is 32.7 Å². The molecule has 1 aromatic carbocycles. The molecule has 20 heavy (non-hydrogen) atoms. The topological polar surface area (TPSA) is 75.6 Å². The van der Waals surface area contributed by atoms with Gasteiger partial charge in [-0.05, 0) is 44.0 Å². The summed E-state index contributed by atoms with van der Waals surface area (Å²) >= 11 is 5.89. The van der Waals surface area contributed by atoms with Crippen molar-refractivity contribution < 1.29 is 19.4 Å². The molecule has 2 N–H and O–H groups in total. The summed E-state index contributed by atoms with van der Waals surface area (Å²) < 4.78 is 5.34. The molecule has 6 heteroatoms. The highest BCUT2D eigenvalue weighted by Crippen LogP contribution is 2.20. The van der Waals surface area contributed by atoms with Crippen LogP contribution in [0.25, 0.3) is 0 Å². The van der Waals surface area contributed by atoms with E-state index < -0.39 is 5.97 Å². The number of aryl methyl sites for hydroxylation is 1. The van der Waals surface area contributed by atoms with E-state index in [0.717, 1.165) is 5.56 Å². The average molecular weight is 300 g/mol. The molecule has 5 nitrogen and oxygen atoms in total. The number of nitrogens with one attached hydrogen (secondary N) is 1. The molecule has 0 aliphatic heterocycles. The molecule has 0 aliphatic rings. The minimum Gasteiger partial charge on any atom is -0.484 e. The Morgan fingerprint density at radius 3 is 2.75 bits per heavy atom. The van der Waals surface area contributed by atoms with Crippen molar-refractivity contribution in [3.63, 3.8) is 0 Å². The molecular weight excluding hydrogens is 282 g/mol. The van der Waals surface area contributed by atoms with Crippen LogP contribution in [0.15, 0.2) is 18.2 Å². The van der Waals surface area contributed by atoms with Crippen LogP contribution in [0.1, 0.15) is 25.3 Å². The number of hydrogen-bond acceptors (Lipinski definition) is 3. The van der Waals surface area contributed by atoms with Crippen molar-refractivity contribution in [2.24, 2.45) is 0 Å². The number of hydrogen-bond donors (Lipinski definition) is 2. The zero-order valence-electron chi connectivity index (χ0n) is 11.5. The van der Waals surface area contributed by atoms with Gasteiger partial charge in [-0.1, -0.05) is 11.6 Å². The van der Waals surface area contributed by atoms with Crippen LogP contribution in [0.5, 0.6) is 5.75 Å². The maximum Gasteiger partial charge on any atom is 0.303 e. The average Bonchev–Trinajstić information content (AvgIpc) is 2.38. The standard InChI is InChI=1S/C14H18ClNO4/c1-9-7-11(4-5-12(9)15)20-8-13(17)16-10(2)3-6-14(18)19/h4-5,7,10H,3,6,8H2,1-2H3,(H,16,17)(H,18,19). The molecule has 1 atom stereocenters. The molecule has 0 aromatic heterocycles. The molecular formula is C14H18ClNO4. The van der Waals surface area contributed by atoms with Crippen molar-refractivity contribution in [1.29, 1.82) is 0 Å². The largest absolute Gasteiger partial charge is 0.484 e. The first-order valence-corrected chi connectivity index (χ1v) is 6.66. The minimum absolute atomic E-state index is 0.0265. The summed E-state index contributed by atoms with van der Waals surface area (Å²) in [6, 6.07) is 4.95. The van der Waals surface area contributed by atoms with E-state index >= 15 is 0 Å². The summed E-state index contributed by atoms with van der Waals surface area (Å²) in [4.78, 5) is 22.0. The summed E-state index contributed by atoms with van der Waals surface area (Å²) in [6.07, 6.45) is 0.416. The number of rotatable bonds is 7. The number of halogens is 1. The van der Waals surface area contributed by atoms with Crippen LogP contribution in [0.2, 0.25) is 5.02 Å².